The lowest BCUT2D eigenvalue weighted by Gasteiger charge is -2.21. The topological polar surface area (TPSA) is 82.6 Å². The first kappa shape index (κ1) is 16.3. The first-order valence-electron chi connectivity index (χ1n) is 8.10. The van der Waals surface area contributed by atoms with E-state index in [-0.39, 0.29) is 25.0 Å². The molecule has 7 nitrogen and oxygen atoms in total. The summed E-state index contributed by atoms with van der Waals surface area (Å²) in [6, 6.07) is 7.38. The summed E-state index contributed by atoms with van der Waals surface area (Å²) in [5, 5.41) is 5.26. The third-order valence-corrected chi connectivity index (χ3v) is 6.95. The van der Waals surface area contributed by atoms with E-state index in [1.54, 1.807) is 11.4 Å². The summed E-state index contributed by atoms with van der Waals surface area (Å²) in [6.45, 7) is 2.25. The zero-order valence-electron chi connectivity index (χ0n) is 13.7. The fourth-order valence-corrected chi connectivity index (χ4v) is 5.50. The minimum Gasteiger partial charge on any atom is -0.349 e. The molecule has 1 aliphatic carbocycles. The molecule has 0 bridgehead atoms. The number of aryl methyl sites for hydroxylation is 1. The average Bonchev–Trinajstić information content (AvgIpc) is 3.26. The number of benzene rings is 1. The van der Waals surface area contributed by atoms with Crippen molar-refractivity contribution in [3.05, 3.63) is 40.3 Å². The van der Waals surface area contributed by atoms with Crippen LogP contribution in [-0.2, 0) is 10.2 Å². The predicted molar refractivity (Wildman–Crippen MR) is 97.4 cm³/mol. The SMILES string of the molecule is Cc1nc(C(=O)NCCN2c3ccccc3N(C3CC3)S2(=O)=O)cs1. The van der Waals surface area contributed by atoms with E-state index < -0.39 is 10.2 Å². The smallest absolute Gasteiger partial charge is 0.326 e. The molecule has 1 aromatic heterocycles. The van der Waals surface area contributed by atoms with Gasteiger partial charge in [0.15, 0.2) is 0 Å². The Balaban J connectivity index is 1.49. The minimum absolute atomic E-state index is 0.0590. The number of nitrogens with one attached hydrogen (secondary N) is 1. The van der Waals surface area contributed by atoms with Gasteiger partial charge in [0.2, 0.25) is 0 Å². The van der Waals surface area contributed by atoms with Crippen LogP contribution in [0.15, 0.2) is 29.6 Å². The lowest BCUT2D eigenvalue weighted by atomic mass is 10.2. The Morgan fingerprint density at radius 3 is 2.68 bits per heavy atom. The summed E-state index contributed by atoms with van der Waals surface area (Å²) in [5.74, 6) is -0.284. The molecule has 1 amide bonds. The molecule has 9 heteroatoms. The first-order valence-corrected chi connectivity index (χ1v) is 10.4. The number of amides is 1. The number of carbonyl (C=O) groups is 1. The zero-order chi connectivity index (χ0) is 17.6. The van der Waals surface area contributed by atoms with Crippen LogP contribution in [0.5, 0.6) is 0 Å². The molecular weight excluding hydrogens is 360 g/mol. The quantitative estimate of drug-likeness (QED) is 0.862. The molecule has 1 N–H and O–H groups in total. The molecule has 1 fully saturated rings. The fourth-order valence-electron chi connectivity index (χ4n) is 2.98. The second kappa shape index (κ2) is 5.99. The number of fused-ring (bicyclic) bond motifs is 1. The van der Waals surface area contributed by atoms with Gasteiger partial charge in [0.25, 0.3) is 5.91 Å². The number of aromatic nitrogens is 1. The molecule has 1 aliphatic heterocycles. The summed E-state index contributed by atoms with van der Waals surface area (Å²) >= 11 is 1.41. The normalized spacial score (nSPS) is 18.3. The predicted octanol–water partition coefficient (Wildman–Crippen LogP) is 1.92. The molecular formula is C16H18N4O3S2. The highest BCUT2D eigenvalue weighted by Crippen LogP contribution is 2.46. The molecule has 1 aromatic carbocycles. The summed E-state index contributed by atoms with van der Waals surface area (Å²) in [5.41, 5.74) is 1.77. The number of rotatable bonds is 5. The first-order chi connectivity index (χ1) is 12.0. The Labute approximate surface area is 150 Å². The Morgan fingerprint density at radius 1 is 1.32 bits per heavy atom. The van der Waals surface area contributed by atoms with Gasteiger partial charge in [-0.05, 0) is 31.9 Å². The van der Waals surface area contributed by atoms with Crippen molar-refractivity contribution in [3.8, 4) is 0 Å². The van der Waals surface area contributed by atoms with Crippen LogP contribution in [0.2, 0.25) is 0 Å². The van der Waals surface area contributed by atoms with Crippen molar-refractivity contribution in [2.45, 2.75) is 25.8 Å². The van der Waals surface area contributed by atoms with Gasteiger partial charge in [-0.15, -0.1) is 11.3 Å². The Bertz CT molecular complexity index is 921. The van der Waals surface area contributed by atoms with E-state index >= 15 is 0 Å². The van der Waals surface area contributed by atoms with Crippen LogP contribution >= 0.6 is 11.3 Å². The van der Waals surface area contributed by atoms with Crippen LogP contribution < -0.4 is 13.9 Å². The van der Waals surface area contributed by atoms with Crippen molar-refractivity contribution >= 4 is 38.8 Å². The largest absolute Gasteiger partial charge is 0.349 e. The van der Waals surface area contributed by atoms with Gasteiger partial charge in [-0.1, -0.05) is 12.1 Å². The van der Waals surface area contributed by atoms with Crippen LogP contribution in [0.4, 0.5) is 11.4 Å². The van der Waals surface area contributed by atoms with Crippen LogP contribution in [0.3, 0.4) is 0 Å². The molecule has 132 valence electrons. The lowest BCUT2D eigenvalue weighted by Crippen LogP contribution is -2.42. The van der Waals surface area contributed by atoms with Gasteiger partial charge >= 0.3 is 10.2 Å². The number of hydrogen-bond acceptors (Lipinski definition) is 5. The average molecular weight is 378 g/mol. The van der Waals surface area contributed by atoms with Crippen molar-refractivity contribution < 1.29 is 13.2 Å². The van der Waals surface area contributed by atoms with Crippen LogP contribution in [0.25, 0.3) is 0 Å². The van der Waals surface area contributed by atoms with Gasteiger partial charge in [0, 0.05) is 18.0 Å². The molecule has 0 radical (unpaired) electrons. The summed E-state index contributed by atoms with van der Waals surface area (Å²) in [6.07, 6.45) is 1.78. The Hall–Kier alpha value is -2.13. The van der Waals surface area contributed by atoms with Crippen molar-refractivity contribution in [2.24, 2.45) is 0 Å². The van der Waals surface area contributed by atoms with Crippen molar-refractivity contribution in [1.29, 1.82) is 0 Å². The second-order valence-corrected chi connectivity index (χ2v) is 8.90. The van der Waals surface area contributed by atoms with Crippen LogP contribution in [-0.4, -0.2) is 38.4 Å². The number of para-hydroxylation sites is 2. The van der Waals surface area contributed by atoms with E-state index in [0.717, 1.165) is 23.5 Å². The molecule has 2 aliphatic rings. The molecule has 4 rings (SSSR count). The van der Waals surface area contributed by atoms with E-state index in [0.29, 0.717) is 11.4 Å². The number of thiazole rings is 1. The number of nitrogens with zero attached hydrogens (tertiary/aromatic N) is 3. The van der Waals surface area contributed by atoms with Gasteiger partial charge in [-0.3, -0.25) is 4.79 Å². The lowest BCUT2D eigenvalue weighted by molar-refractivity contribution is 0.0950. The maximum absolute atomic E-state index is 12.9. The highest BCUT2D eigenvalue weighted by atomic mass is 32.2. The van der Waals surface area contributed by atoms with E-state index in [4.69, 9.17) is 0 Å². The number of carbonyl (C=O) groups excluding carboxylic acids is 1. The van der Waals surface area contributed by atoms with Gasteiger partial charge in [-0.2, -0.15) is 8.42 Å². The van der Waals surface area contributed by atoms with Gasteiger partial charge < -0.3 is 5.32 Å². The second-order valence-electron chi connectivity index (χ2n) is 6.10. The molecule has 0 saturated heterocycles. The van der Waals surface area contributed by atoms with Crippen LogP contribution in [0.1, 0.15) is 28.3 Å². The van der Waals surface area contributed by atoms with Crippen molar-refractivity contribution in [2.75, 3.05) is 21.7 Å². The number of anilines is 2. The zero-order valence-corrected chi connectivity index (χ0v) is 15.3. The Morgan fingerprint density at radius 2 is 2.04 bits per heavy atom. The van der Waals surface area contributed by atoms with Crippen molar-refractivity contribution in [3.63, 3.8) is 0 Å². The van der Waals surface area contributed by atoms with E-state index in [1.165, 1.54) is 19.9 Å². The molecule has 0 atom stereocenters. The summed E-state index contributed by atoms with van der Waals surface area (Å²) in [4.78, 5) is 16.2. The maximum atomic E-state index is 12.9. The number of hydrogen-bond donors (Lipinski definition) is 1. The third-order valence-electron chi connectivity index (χ3n) is 4.25. The Kier molecular flexibility index (Phi) is 3.92. The highest BCUT2D eigenvalue weighted by molar-refractivity contribution is 7.94. The van der Waals surface area contributed by atoms with Gasteiger partial charge in [0.1, 0.15) is 5.69 Å². The molecule has 1 saturated carbocycles. The molecule has 2 aromatic rings. The molecule has 0 unspecified atom stereocenters. The van der Waals surface area contributed by atoms with Crippen LogP contribution in [0, 0.1) is 6.92 Å². The monoisotopic (exact) mass is 378 g/mol. The summed E-state index contributed by atoms with van der Waals surface area (Å²) in [7, 11) is -3.58. The molecule has 0 spiro atoms. The van der Waals surface area contributed by atoms with Crippen molar-refractivity contribution in [1.82, 2.24) is 10.3 Å². The fraction of sp³-hybridized carbons (Fsp3) is 0.375. The summed E-state index contributed by atoms with van der Waals surface area (Å²) < 4.78 is 28.7. The minimum atomic E-state index is -3.58. The van der Waals surface area contributed by atoms with Gasteiger partial charge in [0.05, 0.1) is 22.9 Å². The van der Waals surface area contributed by atoms with E-state index in [9.17, 15) is 13.2 Å². The molecule has 25 heavy (non-hydrogen) atoms. The van der Waals surface area contributed by atoms with Gasteiger partial charge in [-0.25, -0.2) is 13.6 Å². The van der Waals surface area contributed by atoms with E-state index in [1.807, 2.05) is 25.1 Å². The standard InChI is InChI=1S/C16H18N4O3S2/c1-11-18-13(10-24-11)16(21)17-8-9-19-14-4-2-3-5-15(14)20(12-6-7-12)25(19,22)23/h2-5,10,12H,6-9H2,1H3,(H,17,21). The highest BCUT2D eigenvalue weighted by Gasteiger charge is 2.47. The molecule has 2 heterocycles. The van der Waals surface area contributed by atoms with E-state index in [2.05, 4.69) is 10.3 Å². The maximum Gasteiger partial charge on any atom is 0.326 e. The third kappa shape index (κ3) is 2.87.